The molecule has 0 spiro atoms. The number of benzene rings is 2. The summed E-state index contributed by atoms with van der Waals surface area (Å²) in [6, 6.07) is 17.2. The van der Waals surface area contributed by atoms with Gasteiger partial charge < -0.3 is 4.57 Å². The third-order valence-electron chi connectivity index (χ3n) is 3.64. The lowest BCUT2D eigenvalue weighted by Crippen LogP contribution is -1.99. The first-order valence-corrected chi connectivity index (χ1v) is 9.78. The molecular formula is C18H16BrNO2S. The molecule has 1 aromatic heterocycles. The van der Waals surface area contributed by atoms with Gasteiger partial charge in [-0.1, -0.05) is 28.1 Å². The Morgan fingerprint density at radius 2 is 1.57 bits per heavy atom. The Balaban J connectivity index is 2.09. The molecule has 2 aromatic carbocycles. The van der Waals surface area contributed by atoms with E-state index in [9.17, 15) is 8.42 Å². The van der Waals surface area contributed by atoms with Crippen LogP contribution in [0.5, 0.6) is 0 Å². The van der Waals surface area contributed by atoms with Crippen LogP contribution in [0.3, 0.4) is 0 Å². The second-order valence-corrected chi connectivity index (χ2v) is 8.48. The van der Waals surface area contributed by atoms with E-state index in [1.165, 1.54) is 6.26 Å². The van der Waals surface area contributed by atoms with E-state index in [1.807, 2.05) is 37.4 Å². The van der Waals surface area contributed by atoms with Crippen LogP contribution in [0.2, 0.25) is 0 Å². The quantitative estimate of drug-likeness (QED) is 0.655. The molecule has 0 atom stereocenters. The Hall–Kier alpha value is -1.85. The smallest absolute Gasteiger partial charge is 0.175 e. The highest BCUT2D eigenvalue weighted by Gasteiger charge is 2.10. The second kappa shape index (κ2) is 5.98. The maximum absolute atomic E-state index is 11.6. The zero-order valence-electron chi connectivity index (χ0n) is 12.8. The van der Waals surface area contributed by atoms with Gasteiger partial charge in [-0.3, -0.25) is 0 Å². The Morgan fingerprint density at radius 3 is 2.13 bits per heavy atom. The van der Waals surface area contributed by atoms with Crippen molar-refractivity contribution in [3.05, 3.63) is 70.8 Å². The first-order chi connectivity index (χ1) is 10.8. The van der Waals surface area contributed by atoms with E-state index in [-0.39, 0.29) is 0 Å². The minimum Gasteiger partial charge on any atom is -0.316 e. The van der Waals surface area contributed by atoms with Gasteiger partial charge in [-0.15, -0.1) is 0 Å². The predicted octanol–water partition coefficient (Wildman–Crippen LogP) is 4.62. The van der Waals surface area contributed by atoms with Gasteiger partial charge in [0.1, 0.15) is 0 Å². The fourth-order valence-corrected chi connectivity index (χ4v) is 3.40. The number of sulfone groups is 1. The van der Waals surface area contributed by atoms with Crippen molar-refractivity contribution in [3.63, 3.8) is 0 Å². The summed E-state index contributed by atoms with van der Waals surface area (Å²) in [7, 11) is -3.18. The van der Waals surface area contributed by atoms with E-state index in [1.54, 1.807) is 12.1 Å². The number of nitrogens with zero attached hydrogens (tertiary/aromatic N) is 1. The molecule has 0 aliphatic heterocycles. The second-order valence-electron chi connectivity index (χ2n) is 5.55. The molecule has 3 nitrogen and oxygen atoms in total. The molecule has 0 aliphatic rings. The summed E-state index contributed by atoms with van der Waals surface area (Å²) in [5.41, 5.74) is 4.26. The maximum atomic E-state index is 11.6. The monoisotopic (exact) mass is 389 g/mol. The summed E-state index contributed by atoms with van der Waals surface area (Å²) in [6.07, 6.45) is 3.27. The molecule has 23 heavy (non-hydrogen) atoms. The van der Waals surface area contributed by atoms with Crippen LogP contribution in [0.4, 0.5) is 0 Å². The average Bonchev–Trinajstić information content (AvgIpc) is 2.89. The zero-order chi connectivity index (χ0) is 16.6. The summed E-state index contributed by atoms with van der Waals surface area (Å²) < 4.78 is 26.3. The SMILES string of the molecule is Cc1cc(-c2ccc(Br)cc2)n(-c2ccc(S(C)(=O)=O)cc2)c1. The topological polar surface area (TPSA) is 39.1 Å². The van der Waals surface area contributed by atoms with Gasteiger partial charge in [-0.05, 0) is 60.5 Å². The fraction of sp³-hybridized carbons (Fsp3) is 0.111. The van der Waals surface area contributed by atoms with Crippen LogP contribution in [0, 0.1) is 6.92 Å². The molecule has 3 aromatic rings. The van der Waals surface area contributed by atoms with Crippen molar-refractivity contribution < 1.29 is 8.42 Å². The standard InChI is InChI=1S/C18H16BrNO2S/c1-13-11-18(14-3-5-15(19)6-4-14)20(12-13)16-7-9-17(10-8-16)23(2,21)22/h3-12H,1-2H3. The molecule has 0 unspecified atom stereocenters. The molecule has 3 rings (SSSR count). The van der Waals surface area contributed by atoms with Gasteiger partial charge in [0, 0.05) is 22.6 Å². The van der Waals surface area contributed by atoms with Gasteiger partial charge in [0.25, 0.3) is 0 Å². The highest BCUT2D eigenvalue weighted by Crippen LogP contribution is 2.27. The fourth-order valence-electron chi connectivity index (χ4n) is 2.51. The molecule has 0 fully saturated rings. The summed E-state index contributed by atoms with van der Waals surface area (Å²) in [4.78, 5) is 0.329. The van der Waals surface area contributed by atoms with Crippen LogP contribution in [0.25, 0.3) is 16.9 Å². The lowest BCUT2D eigenvalue weighted by molar-refractivity contribution is 0.602. The summed E-state index contributed by atoms with van der Waals surface area (Å²) in [5, 5.41) is 0. The normalized spacial score (nSPS) is 11.6. The first kappa shape index (κ1) is 16.0. The highest BCUT2D eigenvalue weighted by molar-refractivity contribution is 9.10. The van der Waals surface area contributed by atoms with Gasteiger partial charge in [-0.25, -0.2) is 8.42 Å². The maximum Gasteiger partial charge on any atom is 0.175 e. The number of aryl methyl sites for hydroxylation is 1. The summed E-state index contributed by atoms with van der Waals surface area (Å²) >= 11 is 3.45. The third-order valence-corrected chi connectivity index (χ3v) is 5.30. The summed E-state index contributed by atoms with van der Waals surface area (Å²) in [6.45, 7) is 2.05. The molecule has 0 aliphatic carbocycles. The highest BCUT2D eigenvalue weighted by atomic mass is 79.9. The van der Waals surface area contributed by atoms with Crippen molar-refractivity contribution in [3.8, 4) is 16.9 Å². The van der Waals surface area contributed by atoms with Crippen LogP contribution in [0.15, 0.2) is 70.2 Å². The number of halogens is 1. The lowest BCUT2D eigenvalue weighted by atomic mass is 10.1. The van der Waals surface area contributed by atoms with Gasteiger partial charge in [0.15, 0.2) is 9.84 Å². The van der Waals surface area contributed by atoms with Crippen molar-refractivity contribution in [1.29, 1.82) is 0 Å². The molecule has 0 amide bonds. The van der Waals surface area contributed by atoms with Gasteiger partial charge in [-0.2, -0.15) is 0 Å². The van der Waals surface area contributed by atoms with E-state index < -0.39 is 9.84 Å². The van der Waals surface area contributed by atoms with Crippen LogP contribution in [0.1, 0.15) is 5.56 Å². The Bertz CT molecular complexity index is 940. The van der Waals surface area contributed by atoms with E-state index in [4.69, 9.17) is 0 Å². The average molecular weight is 390 g/mol. The predicted molar refractivity (Wildman–Crippen MR) is 96.8 cm³/mol. The number of hydrogen-bond donors (Lipinski definition) is 0. The number of hydrogen-bond acceptors (Lipinski definition) is 2. The first-order valence-electron chi connectivity index (χ1n) is 7.10. The van der Waals surface area contributed by atoms with Crippen molar-refractivity contribution in [2.45, 2.75) is 11.8 Å². The lowest BCUT2D eigenvalue weighted by Gasteiger charge is -2.10. The van der Waals surface area contributed by atoms with Gasteiger partial charge in [0.05, 0.1) is 10.6 Å². The van der Waals surface area contributed by atoms with Crippen LogP contribution in [-0.2, 0) is 9.84 Å². The van der Waals surface area contributed by atoms with Crippen molar-refractivity contribution in [1.82, 2.24) is 4.57 Å². The van der Waals surface area contributed by atoms with Crippen LogP contribution in [-0.4, -0.2) is 19.2 Å². The Labute approximate surface area is 144 Å². The molecule has 0 radical (unpaired) electrons. The molecule has 118 valence electrons. The largest absolute Gasteiger partial charge is 0.316 e. The number of rotatable bonds is 3. The van der Waals surface area contributed by atoms with Crippen molar-refractivity contribution in [2.24, 2.45) is 0 Å². The van der Waals surface area contributed by atoms with Crippen molar-refractivity contribution >= 4 is 25.8 Å². The van der Waals surface area contributed by atoms with E-state index >= 15 is 0 Å². The molecular weight excluding hydrogens is 374 g/mol. The zero-order valence-corrected chi connectivity index (χ0v) is 15.2. The third kappa shape index (κ3) is 3.41. The molecule has 0 N–H and O–H groups in total. The number of aromatic nitrogens is 1. The molecule has 0 bridgehead atoms. The molecule has 1 heterocycles. The summed E-state index contributed by atoms with van der Waals surface area (Å²) in [5.74, 6) is 0. The van der Waals surface area contributed by atoms with Gasteiger partial charge >= 0.3 is 0 Å². The van der Waals surface area contributed by atoms with Gasteiger partial charge in [0.2, 0.25) is 0 Å². The Morgan fingerprint density at radius 1 is 0.957 bits per heavy atom. The Kier molecular flexibility index (Phi) is 4.17. The van der Waals surface area contributed by atoms with E-state index in [0.717, 1.165) is 27.0 Å². The van der Waals surface area contributed by atoms with E-state index in [0.29, 0.717) is 4.90 Å². The van der Waals surface area contributed by atoms with Crippen LogP contribution < -0.4 is 0 Å². The van der Waals surface area contributed by atoms with Crippen molar-refractivity contribution in [2.75, 3.05) is 6.26 Å². The molecule has 0 saturated carbocycles. The van der Waals surface area contributed by atoms with E-state index in [2.05, 4.69) is 38.7 Å². The molecule has 5 heteroatoms. The minimum atomic E-state index is -3.18. The molecule has 0 saturated heterocycles. The van der Waals surface area contributed by atoms with Crippen LogP contribution >= 0.6 is 15.9 Å². The minimum absolute atomic E-state index is 0.329.